The summed E-state index contributed by atoms with van der Waals surface area (Å²) in [6.45, 7) is 2.40. The highest BCUT2D eigenvalue weighted by atomic mass is 16.5. The van der Waals surface area contributed by atoms with Crippen LogP contribution < -0.4 is 0 Å². The molecule has 2 fully saturated rings. The highest BCUT2D eigenvalue weighted by Crippen LogP contribution is 2.35. The number of hydrogen-bond donors (Lipinski definition) is 1. The van der Waals surface area contributed by atoms with Crippen LogP contribution >= 0.6 is 0 Å². The first-order chi connectivity index (χ1) is 14.1. The Hall–Kier alpha value is -2.74. The van der Waals surface area contributed by atoms with Gasteiger partial charge in [-0.25, -0.2) is 0 Å². The monoisotopic (exact) mass is 398 g/mol. The molecule has 3 heterocycles. The van der Waals surface area contributed by atoms with Crippen LogP contribution in [0.4, 0.5) is 0 Å². The van der Waals surface area contributed by atoms with Crippen LogP contribution in [-0.2, 0) is 33.7 Å². The zero-order valence-electron chi connectivity index (χ0n) is 16.4. The van der Waals surface area contributed by atoms with Crippen molar-refractivity contribution in [2.45, 2.75) is 32.2 Å². The molecule has 8 heteroatoms. The van der Waals surface area contributed by atoms with Gasteiger partial charge in [0.25, 0.3) is 0 Å². The lowest BCUT2D eigenvalue weighted by molar-refractivity contribution is -0.148. The number of nitrogens with zero attached hydrogens (tertiary/aromatic N) is 4. The van der Waals surface area contributed by atoms with E-state index >= 15 is 0 Å². The van der Waals surface area contributed by atoms with E-state index in [-0.39, 0.29) is 24.8 Å². The van der Waals surface area contributed by atoms with Crippen molar-refractivity contribution >= 4 is 11.9 Å². The number of ether oxygens (including phenoxy) is 1. The molecule has 0 saturated carbocycles. The number of rotatable bonds is 7. The van der Waals surface area contributed by atoms with E-state index in [1.807, 2.05) is 24.4 Å². The molecule has 1 aromatic carbocycles. The standard InChI is InChI=1S/C21H26N4O4/c26-19(17-7-11-29-14-17)24-10-8-21(15-24,20(27)28)12-18-13-25(23-22-18)9-6-16-4-2-1-3-5-16/h1-5,13,17H,6-12,14-15H2,(H,27,28). The van der Waals surface area contributed by atoms with Crippen LogP contribution in [0.25, 0.3) is 0 Å². The van der Waals surface area contributed by atoms with E-state index in [1.165, 1.54) is 5.56 Å². The smallest absolute Gasteiger partial charge is 0.311 e. The van der Waals surface area contributed by atoms with E-state index in [2.05, 4.69) is 22.4 Å². The van der Waals surface area contributed by atoms with Gasteiger partial charge in [0, 0.05) is 38.9 Å². The molecule has 154 valence electrons. The van der Waals surface area contributed by atoms with Crippen LogP contribution in [-0.4, -0.2) is 63.2 Å². The summed E-state index contributed by atoms with van der Waals surface area (Å²) < 4.78 is 7.06. The minimum atomic E-state index is -1.00. The average Bonchev–Trinajstić information content (AvgIpc) is 3.49. The quantitative estimate of drug-likeness (QED) is 0.757. The second-order valence-electron chi connectivity index (χ2n) is 8.04. The highest BCUT2D eigenvalue weighted by molar-refractivity contribution is 5.82. The van der Waals surface area contributed by atoms with E-state index in [9.17, 15) is 14.7 Å². The summed E-state index contributed by atoms with van der Waals surface area (Å²) >= 11 is 0. The third-order valence-electron chi connectivity index (χ3n) is 5.98. The fourth-order valence-electron chi connectivity index (χ4n) is 4.21. The molecule has 29 heavy (non-hydrogen) atoms. The molecule has 2 aromatic rings. The van der Waals surface area contributed by atoms with Crippen LogP contribution in [0.2, 0.25) is 0 Å². The molecule has 0 spiro atoms. The van der Waals surface area contributed by atoms with Gasteiger partial charge in [-0.3, -0.25) is 14.3 Å². The Balaban J connectivity index is 1.39. The lowest BCUT2D eigenvalue weighted by Gasteiger charge is -2.25. The number of amides is 1. The maximum atomic E-state index is 12.7. The zero-order chi connectivity index (χ0) is 20.3. The molecule has 2 unspecified atom stereocenters. The second kappa shape index (κ2) is 8.32. The molecular weight excluding hydrogens is 372 g/mol. The van der Waals surface area contributed by atoms with E-state index in [0.717, 1.165) is 6.42 Å². The average molecular weight is 398 g/mol. The molecule has 2 aliphatic rings. The number of aliphatic carboxylic acids is 1. The van der Waals surface area contributed by atoms with Crippen LogP contribution in [0.15, 0.2) is 36.5 Å². The lowest BCUT2D eigenvalue weighted by Crippen LogP contribution is -2.40. The van der Waals surface area contributed by atoms with Crippen molar-refractivity contribution in [1.29, 1.82) is 0 Å². The predicted molar refractivity (Wildman–Crippen MR) is 104 cm³/mol. The van der Waals surface area contributed by atoms with Gasteiger partial charge >= 0.3 is 5.97 Å². The first-order valence-electron chi connectivity index (χ1n) is 10.1. The third-order valence-corrected chi connectivity index (χ3v) is 5.98. The van der Waals surface area contributed by atoms with Crippen molar-refractivity contribution in [3.8, 4) is 0 Å². The number of carbonyl (C=O) groups is 2. The van der Waals surface area contributed by atoms with Crippen molar-refractivity contribution in [3.63, 3.8) is 0 Å². The van der Waals surface area contributed by atoms with E-state index < -0.39 is 11.4 Å². The normalized spacial score (nSPS) is 24.1. The molecule has 8 nitrogen and oxygen atoms in total. The molecule has 1 aromatic heterocycles. The molecule has 1 amide bonds. The summed E-state index contributed by atoms with van der Waals surface area (Å²) in [5.41, 5.74) is 0.862. The SMILES string of the molecule is O=C(C1CCOC1)N1CCC(Cc2cn(CCc3ccccc3)nn2)(C(=O)O)C1. The van der Waals surface area contributed by atoms with Crippen LogP contribution in [0.1, 0.15) is 24.1 Å². The summed E-state index contributed by atoms with van der Waals surface area (Å²) in [6.07, 6.45) is 4.07. The van der Waals surface area contributed by atoms with Gasteiger partial charge in [0.1, 0.15) is 0 Å². The Morgan fingerprint density at radius 1 is 1.28 bits per heavy atom. The molecule has 2 atom stereocenters. The van der Waals surface area contributed by atoms with Crippen LogP contribution in [0.5, 0.6) is 0 Å². The van der Waals surface area contributed by atoms with Crippen molar-refractivity contribution < 1.29 is 19.4 Å². The number of aryl methyl sites for hydroxylation is 2. The predicted octanol–water partition coefficient (Wildman–Crippen LogP) is 1.40. The van der Waals surface area contributed by atoms with Gasteiger partial charge in [-0.15, -0.1) is 5.10 Å². The van der Waals surface area contributed by atoms with Crippen molar-refractivity contribution in [1.82, 2.24) is 19.9 Å². The molecule has 0 bridgehead atoms. The molecule has 1 N–H and O–H groups in total. The number of aromatic nitrogens is 3. The van der Waals surface area contributed by atoms with Gasteiger partial charge in [0.05, 0.1) is 23.6 Å². The highest BCUT2D eigenvalue weighted by Gasteiger charge is 2.47. The molecular formula is C21H26N4O4. The minimum absolute atomic E-state index is 0.0112. The maximum absolute atomic E-state index is 12.7. The summed E-state index contributed by atoms with van der Waals surface area (Å²) in [5.74, 6) is -1.01. The Morgan fingerprint density at radius 2 is 2.10 bits per heavy atom. The Kier molecular flexibility index (Phi) is 5.62. The topological polar surface area (TPSA) is 97.5 Å². The largest absolute Gasteiger partial charge is 0.481 e. The van der Waals surface area contributed by atoms with E-state index in [1.54, 1.807) is 9.58 Å². The van der Waals surface area contributed by atoms with Crippen LogP contribution in [0.3, 0.4) is 0 Å². The van der Waals surface area contributed by atoms with Gasteiger partial charge in [-0.2, -0.15) is 0 Å². The van der Waals surface area contributed by atoms with E-state index in [4.69, 9.17) is 4.74 Å². The Bertz CT molecular complexity index is 863. The summed E-state index contributed by atoms with van der Waals surface area (Å²) in [7, 11) is 0. The summed E-state index contributed by atoms with van der Waals surface area (Å²) in [4.78, 5) is 26.5. The first kappa shape index (κ1) is 19.6. The number of carboxylic acid groups (broad SMARTS) is 1. The summed E-state index contributed by atoms with van der Waals surface area (Å²) in [5, 5.41) is 18.3. The maximum Gasteiger partial charge on any atom is 0.311 e. The zero-order valence-corrected chi connectivity index (χ0v) is 16.4. The fourth-order valence-corrected chi connectivity index (χ4v) is 4.21. The van der Waals surface area contributed by atoms with Gasteiger partial charge in [0.15, 0.2) is 0 Å². The van der Waals surface area contributed by atoms with E-state index in [0.29, 0.717) is 44.8 Å². The second-order valence-corrected chi connectivity index (χ2v) is 8.04. The minimum Gasteiger partial charge on any atom is -0.481 e. The van der Waals surface area contributed by atoms with Gasteiger partial charge in [-0.05, 0) is 24.8 Å². The molecule has 4 rings (SSSR count). The number of carbonyl (C=O) groups excluding carboxylic acids is 1. The summed E-state index contributed by atoms with van der Waals surface area (Å²) in [6, 6.07) is 10.1. The molecule has 2 saturated heterocycles. The van der Waals surface area contributed by atoms with Gasteiger partial charge in [-0.1, -0.05) is 35.5 Å². The van der Waals surface area contributed by atoms with Crippen molar-refractivity contribution in [2.75, 3.05) is 26.3 Å². The van der Waals surface area contributed by atoms with Crippen LogP contribution in [0, 0.1) is 11.3 Å². The fraction of sp³-hybridized carbons (Fsp3) is 0.524. The Morgan fingerprint density at radius 3 is 2.83 bits per heavy atom. The Labute approximate surface area is 169 Å². The first-order valence-corrected chi connectivity index (χ1v) is 10.1. The molecule has 2 aliphatic heterocycles. The van der Waals surface area contributed by atoms with Crippen molar-refractivity contribution in [3.05, 3.63) is 47.8 Å². The number of hydrogen-bond acceptors (Lipinski definition) is 5. The number of benzene rings is 1. The van der Waals surface area contributed by atoms with Gasteiger partial charge < -0.3 is 14.7 Å². The molecule has 0 radical (unpaired) electrons. The number of likely N-dealkylation sites (tertiary alicyclic amines) is 1. The lowest BCUT2D eigenvalue weighted by atomic mass is 9.82. The molecule has 0 aliphatic carbocycles. The third kappa shape index (κ3) is 4.32. The number of carboxylic acids is 1. The van der Waals surface area contributed by atoms with Crippen molar-refractivity contribution in [2.24, 2.45) is 11.3 Å². The van der Waals surface area contributed by atoms with Gasteiger partial charge in [0.2, 0.25) is 5.91 Å².